The van der Waals surface area contributed by atoms with Crippen LogP contribution in [0.5, 0.6) is 0 Å². The van der Waals surface area contributed by atoms with Crippen LogP contribution < -0.4 is 0 Å². The first-order chi connectivity index (χ1) is 11.9. The molecular weight excluding hydrogens is 323 g/mol. The van der Waals surface area contributed by atoms with E-state index < -0.39 is 5.97 Å². The van der Waals surface area contributed by atoms with Crippen LogP contribution >= 0.6 is 0 Å². The van der Waals surface area contributed by atoms with Crippen molar-refractivity contribution in [2.45, 2.75) is 19.4 Å². The van der Waals surface area contributed by atoms with Crippen molar-refractivity contribution >= 4 is 11.7 Å². The average Bonchev–Trinajstić information content (AvgIpc) is 2.61. The molecule has 1 N–H and O–H groups in total. The molecule has 1 unspecified atom stereocenters. The maximum Gasteiger partial charge on any atom is 0.358 e. The Morgan fingerprint density at radius 1 is 1.32 bits per heavy atom. The number of nitrogens with zero attached hydrogens (tertiary/aromatic N) is 2. The van der Waals surface area contributed by atoms with E-state index in [1.54, 1.807) is 30.3 Å². The minimum absolute atomic E-state index is 0.0984. The monoisotopic (exact) mass is 342 g/mol. The third-order valence-electron chi connectivity index (χ3n) is 4.51. The van der Waals surface area contributed by atoms with Crippen molar-refractivity contribution in [2.24, 2.45) is 0 Å². The Hall–Kier alpha value is -2.89. The number of hydrogen-bond acceptors (Lipinski definition) is 5. The largest absolute Gasteiger partial charge is 0.504 e. The summed E-state index contributed by atoms with van der Waals surface area (Å²) in [5.41, 5.74) is 3.22. The summed E-state index contributed by atoms with van der Waals surface area (Å²) in [6, 6.07) is 8.12. The van der Waals surface area contributed by atoms with Gasteiger partial charge in [0.15, 0.2) is 11.5 Å². The summed E-state index contributed by atoms with van der Waals surface area (Å²) in [6.45, 7) is 1.93. The van der Waals surface area contributed by atoms with Gasteiger partial charge in [-0.2, -0.15) is 0 Å². The zero-order valence-corrected chi connectivity index (χ0v) is 14.3. The van der Waals surface area contributed by atoms with E-state index in [9.17, 15) is 14.3 Å². The van der Waals surface area contributed by atoms with Crippen LogP contribution in [-0.4, -0.2) is 35.1 Å². The normalized spacial score (nSPS) is 16.6. The van der Waals surface area contributed by atoms with Gasteiger partial charge in [-0.15, -0.1) is 0 Å². The first-order valence-corrected chi connectivity index (χ1v) is 7.90. The summed E-state index contributed by atoms with van der Waals surface area (Å²) in [5, 5.41) is 10.5. The summed E-state index contributed by atoms with van der Waals surface area (Å²) >= 11 is 0. The first kappa shape index (κ1) is 17.0. The molecule has 6 heteroatoms. The molecule has 0 bridgehead atoms. The number of pyridine rings is 1. The molecule has 1 aromatic heterocycles. The molecule has 0 amide bonds. The van der Waals surface area contributed by atoms with Crippen LogP contribution in [0.1, 0.15) is 35.3 Å². The smallest absolute Gasteiger partial charge is 0.358 e. The summed E-state index contributed by atoms with van der Waals surface area (Å²) < 4.78 is 17.8. The number of carbonyl (C=O) groups is 1. The molecule has 1 aliphatic rings. The number of esters is 1. The number of aromatic nitrogens is 1. The van der Waals surface area contributed by atoms with Gasteiger partial charge in [0.05, 0.1) is 13.2 Å². The summed E-state index contributed by atoms with van der Waals surface area (Å²) in [7, 11) is 3.00. The highest BCUT2D eigenvalue weighted by Gasteiger charge is 2.33. The zero-order chi connectivity index (χ0) is 18.1. The molecule has 1 aromatic carbocycles. The van der Waals surface area contributed by atoms with E-state index in [-0.39, 0.29) is 23.3 Å². The zero-order valence-electron chi connectivity index (χ0n) is 14.3. The lowest BCUT2D eigenvalue weighted by Crippen LogP contribution is -2.33. The predicted molar refractivity (Wildman–Crippen MR) is 91.2 cm³/mol. The number of ether oxygens (including phenoxy) is 1. The van der Waals surface area contributed by atoms with Crippen LogP contribution in [0.25, 0.3) is 5.76 Å². The maximum atomic E-state index is 13.0. The standard InChI is InChI=1S/C19H19FN2O3/c1-11-15-9-13(8-12-4-6-14(20)7-5-12)10-21-16(15)18(23)17(22(11)2)19(24)25-3/h4-7,9-11,23H,8H2,1-3H3. The van der Waals surface area contributed by atoms with Gasteiger partial charge in [0.25, 0.3) is 0 Å². The molecule has 0 saturated carbocycles. The second-order valence-electron chi connectivity index (χ2n) is 6.06. The van der Waals surface area contributed by atoms with Crippen LogP contribution in [0, 0.1) is 5.82 Å². The average molecular weight is 342 g/mol. The Bertz CT molecular complexity index is 846. The van der Waals surface area contributed by atoms with E-state index in [0.29, 0.717) is 12.1 Å². The Morgan fingerprint density at radius 3 is 2.64 bits per heavy atom. The molecular formula is C19H19FN2O3. The second-order valence-corrected chi connectivity index (χ2v) is 6.06. The highest BCUT2D eigenvalue weighted by Crippen LogP contribution is 2.36. The minimum Gasteiger partial charge on any atom is -0.504 e. The molecule has 3 rings (SSSR count). The molecule has 1 aliphatic heterocycles. The van der Waals surface area contributed by atoms with Gasteiger partial charge in [0.2, 0.25) is 0 Å². The molecule has 0 radical (unpaired) electrons. The highest BCUT2D eigenvalue weighted by atomic mass is 19.1. The van der Waals surface area contributed by atoms with E-state index >= 15 is 0 Å². The van der Waals surface area contributed by atoms with Gasteiger partial charge in [-0.3, -0.25) is 4.98 Å². The molecule has 0 saturated heterocycles. The maximum absolute atomic E-state index is 13.0. The number of carbonyl (C=O) groups excluding carboxylic acids is 1. The number of fused-ring (bicyclic) bond motifs is 1. The molecule has 0 spiro atoms. The third-order valence-corrected chi connectivity index (χ3v) is 4.51. The van der Waals surface area contributed by atoms with Crippen molar-refractivity contribution in [1.29, 1.82) is 0 Å². The number of rotatable bonds is 3. The van der Waals surface area contributed by atoms with Crippen LogP contribution in [0.3, 0.4) is 0 Å². The number of halogens is 1. The van der Waals surface area contributed by atoms with Crippen LogP contribution in [0.4, 0.5) is 4.39 Å². The minimum atomic E-state index is -0.602. The van der Waals surface area contributed by atoms with E-state index in [4.69, 9.17) is 4.74 Å². The number of benzene rings is 1. The lowest BCUT2D eigenvalue weighted by atomic mass is 9.95. The highest BCUT2D eigenvalue weighted by molar-refractivity contribution is 5.96. The molecule has 5 nitrogen and oxygen atoms in total. The lowest BCUT2D eigenvalue weighted by Gasteiger charge is -2.33. The van der Waals surface area contributed by atoms with Crippen LogP contribution in [0.15, 0.2) is 42.2 Å². The van der Waals surface area contributed by atoms with Crippen LogP contribution in [-0.2, 0) is 16.0 Å². The van der Waals surface area contributed by atoms with Crippen molar-refractivity contribution in [3.63, 3.8) is 0 Å². The Kier molecular flexibility index (Phi) is 4.44. The fraction of sp³-hybridized carbons (Fsp3) is 0.263. The van der Waals surface area contributed by atoms with Crippen molar-refractivity contribution in [1.82, 2.24) is 9.88 Å². The van der Waals surface area contributed by atoms with Crippen LogP contribution in [0.2, 0.25) is 0 Å². The van der Waals surface area contributed by atoms with Gasteiger partial charge < -0.3 is 14.7 Å². The van der Waals surface area contributed by atoms with Gasteiger partial charge >= 0.3 is 5.97 Å². The molecule has 130 valence electrons. The van der Waals surface area contributed by atoms with Crippen molar-refractivity contribution < 1.29 is 19.0 Å². The predicted octanol–water partition coefficient (Wildman–Crippen LogP) is 3.22. The summed E-state index contributed by atoms with van der Waals surface area (Å²) in [6.07, 6.45) is 2.26. The number of likely N-dealkylation sites (N-methyl/N-ethyl adjacent to an activating group) is 1. The fourth-order valence-electron chi connectivity index (χ4n) is 3.00. The van der Waals surface area contributed by atoms with Crippen molar-refractivity contribution in [3.05, 3.63) is 70.4 Å². The van der Waals surface area contributed by atoms with Gasteiger partial charge in [-0.05, 0) is 42.7 Å². The molecule has 2 heterocycles. The molecule has 25 heavy (non-hydrogen) atoms. The second kappa shape index (κ2) is 6.55. The number of hydrogen-bond donors (Lipinski definition) is 1. The summed E-state index contributed by atoms with van der Waals surface area (Å²) in [5.74, 6) is -1.06. The van der Waals surface area contributed by atoms with E-state index in [1.165, 1.54) is 19.2 Å². The Morgan fingerprint density at radius 2 is 2.00 bits per heavy atom. The summed E-state index contributed by atoms with van der Waals surface area (Å²) in [4.78, 5) is 18.0. The fourth-order valence-corrected chi connectivity index (χ4v) is 3.00. The van der Waals surface area contributed by atoms with Gasteiger partial charge in [-0.25, -0.2) is 9.18 Å². The van der Waals surface area contributed by atoms with E-state index in [2.05, 4.69) is 4.98 Å². The first-order valence-electron chi connectivity index (χ1n) is 7.90. The Labute approximate surface area is 145 Å². The van der Waals surface area contributed by atoms with Gasteiger partial charge in [0, 0.05) is 18.8 Å². The quantitative estimate of drug-likeness (QED) is 0.868. The van der Waals surface area contributed by atoms with Crippen molar-refractivity contribution in [2.75, 3.05) is 14.2 Å². The van der Waals surface area contributed by atoms with E-state index in [0.717, 1.165) is 16.7 Å². The van der Waals surface area contributed by atoms with E-state index in [1.807, 2.05) is 13.0 Å². The third kappa shape index (κ3) is 3.07. The molecule has 0 aliphatic carbocycles. The van der Waals surface area contributed by atoms with Gasteiger partial charge in [0.1, 0.15) is 11.5 Å². The van der Waals surface area contributed by atoms with Gasteiger partial charge in [-0.1, -0.05) is 12.1 Å². The molecule has 2 aromatic rings. The molecule has 0 fully saturated rings. The number of aliphatic hydroxyl groups is 1. The topological polar surface area (TPSA) is 62.7 Å². The Balaban J connectivity index is 1.99. The lowest BCUT2D eigenvalue weighted by molar-refractivity contribution is -0.138. The SMILES string of the molecule is COC(=O)C1=C(O)c2ncc(Cc3ccc(F)cc3)cc2C(C)N1C. The number of aliphatic hydroxyl groups excluding tert-OH is 1. The molecule has 1 atom stereocenters. The van der Waals surface area contributed by atoms with Crippen molar-refractivity contribution in [3.8, 4) is 0 Å². The number of methoxy groups -OCH3 is 1.